The minimum atomic E-state index is -2.18. The number of hydrogen-bond donors (Lipinski definition) is 0. The molecule has 5 rings (SSSR count). The zero-order valence-corrected chi connectivity index (χ0v) is 17.4. The Bertz CT molecular complexity index is 1170. The van der Waals surface area contributed by atoms with Crippen molar-refractivity contribution in [1.82, 2.24) is 9.96 Å². The zero-order valence-electron chi connectivity index (χ0n) is 17.4. The van der Waals surface area contributed by atoms with Crippen LogP contribution in [0.5, 0.6) is 0 Å². The standard InChI is InChI=1S/C22H15N5O7/c28-18-14-5-1-2-6-15(14)19(29)25(18)12-13(11-22(27(32)33)23-9-10-24-22)34-26-20(30)16-7-3-4-8-17(16)21(26)31/h1-10,13H,11-12H2/t13-/m1/s1. The largest absolute Gasteiger partial charge is 0.414 e. The topological polar surface area (TPSA) is 152 Å². The van der Waals surface area contributed by atoms with Gasteiger partial charge in [0, 0.05) is 12.4 Å². The lowest BCUT2D eigenvalue weighted by Gasteiger charge is -2.27. The van der Waals surface area contributed by atoms with E-state index in [0.29, 0.717) is 5.06 Å². The number of fused-ring (bicyclic) bond motifs is 2. The third-order valence-electron chi connectivity index (χ3n) is 5.70. The minimum Gasteiger partial charge on any atom is -0.272 e. The summed E-state index contributed by atoms with van der Waals surface area (Å²) in [5, 5.41) is 12.3. The summed E-state index contributed by atoms with van der Waals surface area (Å²) in [6, 6.07) is 12.2. The minimum absolute atomic E-state index is 0.105. The highest BCUT2D eigenvalue weighted by molar-refractivity contribution is 6.22. The van der Waals surface area contributed by atoms with Gasteiger partial charge in [-0.15, -0.1) is 5.06 Å². The summed E-state index contributed by atoms with van der Waals surface area (Å²) in [4.78, 5) is 76.4. The number of nitrogens with zero attached hydrogens (tertiary/aromatic N) is 5. The van der Waals surface area contributed by atoms with Crippen molar-refractivity contribution in [3.63, 3.8) is 0 Å². The van der Waals surface area contributed by atoms with Gasteiger partial charge in [0.2, 0.25) is 0 Å². The van der Waals surface area contributed by atoms with Crippen molar-refractivity contribution in [2.75, 3.05) is 6.54 Å². The molecule has 0 unspecified atom stereocenters. The van der Waals surface area contributed by atoms with Crippen molar-refractivity contribution in [3.8, 4) is 0 Å². The number of hydrogen-bond acceptors (Lipinski definition) is 9. The molecule has 2 aromatic rings. The molecule has 2 aromatic carbocycles. The van der Waals surface area contributed by atoms with Crippen molar-refractivity contribution >= 4 is 36.1 Å². The first-order chi connectivity index (χ1) is 16.3. The molecule has 0 saturated carbocycles. The molecular weight excluding hydrogens is 446 g/mol. The van der Waals surface area contributed by atoms with Gasteiger partial charge in [-0.25, -0.2) is 0 Å². The van der Waals surface area contributed by atoms with Crippen LogP contribution >= 0.6 is 0 Å². The third kappa shape index (κ3) is 3.19. The molecule has 0 fully saturated rings. The molecule has 0 bridgehead atoms. The molecule has 0 saturated heterocycles. The van der Waals surface area contributed by atoms with Crippen molar-refractivity contribution in [2.24, 2.45) is 9.98 Å². The summed E-state index contributed by atoms with van der Waals surface area (Å²) in [6.07, 6.45) is 0.379. The van der Waals surface area contributed by atoms with Gasteiger partial charge < -0.3 is 0 Å². The average Bonchev–Trinajstić information content (AvgIpc) is 3.48. The Hall–Kier alpha value is -4.58. The molecule has 170 valence electrons. The van der Waals surface area contributed by atoms with Gasteiger partial charge in [0.05, 0.1) is 40.1 Å². The van der Waals surface area contributed by atoms with E-state index in [1.807, 2.05) is 0 Å². The highest BCUT2D eigenvalue weighted by Crippen LogP contribution is 2.30. The Morgan fingerprint density at radius 2 is 1.26 bits per heavy atom. The predicted molar refractivity (Wildman–Crippen MR) is 115 cm³/mol. The van der Waals surface area contributed by atoms with Crippen LogP contribution in [0.15, 0.2) is 58.5 Å². The molecular formula is C22H15N5O7. The summed E-state index contributed by atoms with van der Waals surface area (Å²) in [7, 11) is 0. The van der Waals surface area contributed by atoms with E-state index in [0.717, 1.165) is 17.3 Å². The monoisotopic (exact) mass is 461 g/mol. The van der Waals surface area contributed by atoms with E-state index >= 15 is 0 Å². The maximum Gasteiger partial charge on any atom is 0.414 e. The van der Waals surface area contributed by atoms with Crippen LogP contribution in [0.2, 0.25) is 0 Å². The summed E-state index contributed by atoms with van der Waals surface area (Å²) in [6.45, 7) is -0.472. The molecule has 0 spiro atoms. The van der Waals surface area contributed by atoms with Gasteiger partial charge >= 0.3 is 5.79 Å². The Labute approximate surface area is 191 Å². The molecule has 4 amide bonds. The molecule has 0 N–H and O–H groups in total. The lowest BCUT2D eigenvalue weighted by molar-refractivity contribution is -0.568. The molecule has 12 nitrogen and oxygen atoms in total. The maximum absolute atomic E-state index is 12.8. The van der Waals surface area contributed by atoms with Crippen LogP contribution in [0.3, 0.4) is 0 Å². The number of benzene rings is 2. The molecule has 12 heteroatoms. The van der Waals surface area contributed by atoms with Crippen LogP contribution in [-0.4, -0.2) is 69.4 Å². The summed E-state index contributed by atoms with van der Waals surface area (Å²) < 4.78 is 0. The molecule has 0 aromatic heterocycles. The van der Waals surface area contributed by atoms with E-state index in [-0.39, 0.29) is 22.3 Å². The lowest BCUT2D eigenvalue weighted by Crippen LogP contribution is -2.47. The summed E-state index contributed by atoms with van der Waals surface area (Å²) in [5.74, 6) is -4.94. The Morgan fingerprint density at radius 3 is 1.71 bits per heavy atom. The Balaban J connectivity index is 1.46. The quantitative estimate of drug-likeness (QED) is 0.343. The molecule has 1 atom stereocenters. The fourth-order valence-electron chi connectivity index (χ4n) is 4.07. The van der Waals surface area contributed by atoms with Crippen molar-refractivity contribution < 1.29 is 28.9 Å². The second-order valence-electron chi connectivity index (χ2n) is 7.74. The van der Waals surface area contributed by atoms with Crippen molar-refractivity contribution in [2.45, 2.75) is 18.3 Å². The van der Waals surface area contributed by atoms with Gasteiger partial charge in [-0.1, -0.05) is 24.3 Å². The van der Waals surface area contributed by atoms with Crippen LogP contribution in [0.1, 0.15) is 47.9 Å². The zero-order chi connectivity index (χ0) is 24.0. The SMILES string of the molecule is O=C1c2ccccc2C(=O)N1C[C@@H](CC1([N+](=O)[O-])N=CC=N1)ON1C(=O)c2ccccc2C1=O. The number of nitro groups is 1. The van der Waals surface area contributed by atoms with E-state index in [4.69, 9.17) is 4.84 Å². The highest BCUT2D eigenvalue weighted by Gasteiger charge is 2.49. The average molecular weight is 461 g/mol. The molecule has 3 heterocycles. The van der Waals surface area contributed by atoms with Crippen LogP contribution in [0.25, 0.3) is 0 Å². The van der Waals surface area contributed by atoms with E-state index < -0.39 is 53.4 Å². The first-order valence-electron chi connectivity index (χ1n) is 10.2. The predicted octanol–water partition coefficient (Wildman–Crippen LogP) is 1.35. The number of imide groups is 2. The number of rotatable bonds is 7. The molecule has 3 aliphatic heterocycles. The molecule has 3 aliphatic rings. The summed E-state index contributed by atoms with van der Waals surface area (Å²) in [5.41, 5.74) is 0.557. The maximum atomic E-state index is 12.8. The van der Waals surface area contributed by atoms with Gasteiger partial charge in [-0.05, 0) is 24.3 Å². The highest BCUT2D eigenvalue weighted by atomic mass is 16.7. The van der Waals surface area contributed by atoms with Gasteiger partial charge in [0.15, 0.2) is 0 Å². The second kappa shape index (κ2) is 7.78. The number of amides is 4. The van der Waals surface area contributed by atoms with Crippen molar-refractivity contribution in [3.05, 3.63) is 80.9 Å². The van der Waals surface area contributed by atoms with E-state index in [2.05, 4.69) is 9.98 Å². The fraction of sp³-hybridized carbons (Fsp3) is 0.182. The number of aliphatic imine (C=N–C) groups is 2. The lowest BCUT2D eigenvalue weighted by atomic mass is 10.1. The van der Waals surface area contributed by atoms with E-state index in [9.17, 15) is 29.3 Å². The number of carbonyl (C=O) groups excluding carboxylic acids is 4. The van der Waals surface area contributed by atoms with Gasteiger partial charge in [-0.3, -0.25) is 39.0 Å². The van der Waals surface area contributed by atoms with E-state index in [1.165, 1.54) is 24.3 Å². The fourth-order valence-corrected chi connectivity index (χ4v) is 4.07. The Morgan fingerprint density at radius 1 is 0.824 bits per heavy atom. The Kier molecular flexibility index (Phi) is 4.87. The normalized spacial score (nSPS) is 18.6. The third-order valence-corrected chi connectivity index (χ3v) is 5.70. The summed E-state index contributed by atoms with van der Waals surface area (Å²) >= 11 is 0. The van der Waals surface area contributed by atoms with Gasteiger partial charge in [0.25, 0.3) is 23.6 Å². The molecule has 34 heavy (non-hydrogen) atoms. The molecule has 0 radical (unpaired) electrons. The first-order valence-corrected chi connectivity index (χ1v) is 10.2. The van der Waals surface area contributed by atoms with Crippen LogP contribution in [0, 0.1) is 10.1 Å². The smallest absolute Gasteiger partial charge is 0.272 e. The number of hydroxylamine groups is 2. The van der Waals surface area contributed by atoms with Gasteiger partial charge in [-0.2, -0.15) is 9.98 Å². The van der Waals surface area contributed by atoms with Gasteiger partial charge in [0.1, 0.15) is 6.10 Å². The second-order valence-corrected chi connectivity index (χ2v) is 7.74. The van der Waals surface area contributed by atoms with Crippen LogP contribution < -0.4 is 0 Å². The van der Waals surface area contributed by atoms with Crippen LogP contribution in [-0.2, 0) is 4.84 Å². The number of carbonyl (C=O) groups is 4. The first kappa shape index (κ1) is 21.3. The van der Waals surface area contributed by atoms with Crippen molar-refractivity contribution in [1.29, 1.82) is 0 Å². The van der Waals surface area contributed by atoms with Crippen LogP contribution in [0.4, 0.5) is 0 Å². The molecule has 0 aliphatic carbocycles. The van der Waals surface area contributed by atoms with E-state index in [1.54, 1.807) is 24.3 Å².